The smallest absolute Gasteiger partial charge is 0.147 e. The molecule has 2 aromatic heterocycles. The summed E-state index contributed by atoms with van der Waals surface area (Å²) in [6.45, 7) is 7.22. The Morgan fingerprint density at radius 3 is 2.54 bits per heavy atom. The molecule has 0 atom stereocenters. The molecule has 0 radical (unpaired) electrons. The van der Waals surface area contributed by atoms with E-state index in [1.54, 1.807) is 0 Å². The molecule has 0 N–H and O–H groups in total. The zero-order valence-corrected chi connectivity index (χ0v) is 16.1. The second kappa shape index (κ2) is 8.10. The molecule has 0 bridgehead atoms. The number of hydrogen-bond acceptors (Lipinski definition) is 4. The van der Waals surface area contributed by atoms with Gasteiger partial charge in [0.15, 0.2) is 0 Å². The zero-order valence-electron chi connectivity index (χ0n) is 15.3. The van der Waals surface area contributed by atoms with Crippen molar-refractivity contribution in [3.63, 3.8) is 0 Å². The van der Waals surface area contributed by atoms with Gasteiger partial charge in [-0.15, -0.1) is 0 Å². The van der Waals surface area contributed by atoms with E-state index in [-0.39, 0.29) is 5.75 Å². The van der Waals surface area contributed by atoms with Crippen LogP contribution in [0.2, 0.25) is 0 Å². The van der Waals surface area contributed by atoms with Gasteiger partial charge in [-0.2, -0.15) is 0 Å². The van der Waals surface area contributed by atoms with Gasteiger partial charge in [-0.25, -0.2) is 13.4 Å². The van der Waals surface area contributed by atoms with E-state index in [4.69, 9.17) is 4.98 Å². The lowest BCUT2D eigenvalue weighted by Gasteiger charge is -2.11. The Morgan fingerprint density at radius 2 is 1.88 bits per heavy atom. The summed E-state index contributed by atoms with van der Waals surface area (Å²) < 4.78 is 24.8. The van der Waals surface area contributed by atoms with Gasteiger partial charge in [0.05, 0.1) is 11.7 Å². The monoisotopic (exact) mass is 351 g/mol. The fraction of sp³-hybridized carbons (Fsp3) is 0.667. The largest absolute Gasteiger partial charge is 0.328 e. The summed E-state index contributed by atoms with van der Waals surface area (Å²) in [7, 11) is -2.85. The second-order valence-corrected chi connectivity index (χ2v) is 8.94. The maximum absolute atomic E-state index is 11.2. The van der Waals surface area contributed by atoms with Gasteiger partial charge in [0.2, 0.25) is 0 Å². The molecule has 5 nitrogen and oxygen atoms in total. The van der Waals surface area contributed by atoms with Crippen LogP contribution in [0.15, 0.2) is 6.20 Å². The Kier molecular flexibility index (Phi) is 6.38. The van der Waals surface area contributed by atoms with Crippen LogP contribution in [-0.2, 0) is 22.8 Å². The van der Waals surface area contributed by atoms with Gasteiger partial charge in [0, 0.05) is 30.7 Å². The molecule has 0 saturated heterocycles. The van der Waals surface area contributed by atoms with Gasteiger partial charge >= 0.3 is 0 Å². The summed E-state index contributed by atoms with van der Waals surface area (Å²) in [5, 5.41) is 0. The minimum Gasteiger partial charge on any atom is -0.328 e. The Morgan fingerprint density at radius 1 is 1.12 bits per heavy atom. The third-order valence-corrected chi connectivity index (χ3v) is 5.53. The summed E-state index contributed by atoms with van der Waals surface area (Å²) in [4.78, 5) is 9.23. The van der Waals surface area contributed by atoms with Crippen molar-refractivity contribution in [3.05, 3.63) is 23.3 Å². The molecule has 2 aromatic rings. The van der Waals surface area contributed by atoms with Gasteiger partial charge in [-0.05, 0) is 38.7 Å². The van der Waals surface area contributed by atoms with Crippen LogP contribution in [0.3, 0.4) is 0 Å². The molecule has 0 aliphatic heterocycles. The number of fused-ring (bicyclic) bond motifs is 1. The number of imidazole rings is 1. The number of rotatable bonds is 9. The number of aryl methyl sites for hydroxylation is 4. The minimum absolute atomic E-state index is 0.280. The first-order valence-electron chi connectivity index (χ1n) is 8.82. The Labute approximate surface area is 145 Å². The Bertz CT molecular complexity index is 794. The molecule has 0 amide bonds. The summed E-state index contributed by atoms with van der Waals surface area (Å²) in [5.41, 5.74) is 4.40. The average Bonchev–Trinajstić information content (AvgIpc) is 2.86. The number of nitrogens with zero attached hydrogens (tertiary/aromatic N) is 3. The lowest BCUT2D eigenvalue weighted by Crippen LogP contribution is -2.07. The predicted molar refractivity (Wildman–Crippen MR) is 99.2 cm³/mol. The third kappa shape index (κ3) is 4.79. The molecule has 0 aliphatic rings. The van der Waals surface area contributed by atoms with Gasteiger partial charge in [0.1, 0.15) is 21.2 Å². The van der Waals surface area contributed by atoms with Crippen molar-refractivity contribution in [1.82, 2.24) is 14.5 Å². The first-order chi connectivity index (χ1) is 11.3. The average molecular weight is 352 g/mol. The van der Waals surface area contributed by atoms with E-state index in [1.165, 1.54) is 17.3 Å². The van der Waals surface area contributed by atoms with Crippen LogP contribution in [0.4, 0.5) is 0 Å². The van der Waals surface area contributed by atoms with E-state index in [0.717, 1.165) is 62.1 Å². The highest BCUT2D eigenvalue weighted by atomic mass is 32.2. The molecule has 2 rings (SSSR count). The molecule has 0 aromatic carbocycles. The van der Waals surface area contributed by atoms with E-state index in [2.05, 4.69) is 23.4 Å². The maximum Gasteiger partial charge on any atom is 0.147 e. The van der Waals surface area contributed by atoms with Crippen molar-refractivity contribution >= 4 is 20.9 Å². The van der Waals surface area contributed by atoms with Gasteiger partial charge in [-0.1, -0.05) is 19.8 Å². The highest BCUT2D eigenvalue weighted by molar-refractivity contribution is 7.90. The van der Waals surface area contributed by atoms with Crippen molar-refractivity contribution in [2.45, 2.75) is 65.8 Å². The molecule has 0 saturated carbocycles. The molecule has 2 heterocycles. The lowest BCUT2D eigenvalue weighted by molar-refractivity contribution is 0.572. The first-order valence-corrected chi connectivity index (χ1v) is 10.9. The van der Waals surface area contributed by atoms with Crippen LogP contribution in [0.25, 0.3) is 11.0 Å². The second-order valence-electron chi connectivity index (χ2n) is 6.68. The molecule has 6 heteroatoms. The zero-order chi connectivity index (χ0) is 17.7. The maximum atomic E-state index is 11.2. The normalized spacial score (nSPS) is 12.2. The van der Waals surface area contributed by atoms with E-state index >= 15 is 0 Å². The van der Waals surface area contributed by atoms with Crippen molar-refractivity contribution in [1.29, 1.82) is 0 Å². The van der Waals surface area contributed by atoms with E-state index < -0.39 is 9.84 Å². The summed E-state index contributed by atoms with van der Waals surface area (Å²) >= 11 is 0. The van der Waals surface area contributed by atoms with Crippen molar-refractivity contribution < 1.29 is 8.42 Å². The molecular weight excluding hydrogens is 322 g/mol. The fourth-order valence-electron chi connectivity index (χ4n) is 3.01. The Balaban J connectivity index is 2.17. The topological polar surface area (TPSA) is 64.8 Å². The standard InChI is InChI=1S/C18H29N3O2S/c1-5-6-10-17-20-16-13-19-15(3)14(2)18(16)21(17)11-8-7-9-12-24(4,22)23/h13H,5-12H2,1-4H3. The summed E-state index contributed by atoms with van der Waals surface area (Å²) in [6, 6.07) is 0. The summed E-state index contributed by atoms with van der Waals surface area (Å²) in [5.74, 6) is 1.41. The van der Waals surface area contributed by atoms with Crippen LogP contribution >= 0.6 is 0 Å². The number of pyridine rings is 1. The molecule has 0 unspecified atom stereocenters. The minimum atomic E-state index is -2.85. The van der Waals surface area contributed by atoms with Crippen LogP contribution in [-0.4, -0.2) is 35.0 Å². The van der Waals surface area contributed by atoms with E-state index in [1.807, 2.05) is 13.1 Å². The quantitative estimate of drug-likeness (QED) is 0.647. The van der Waals surface area contributed by atoms with Gasteiger partial charge < -0.3 is 4.57 Å². The van der Waals surface area contributed by atoms with Gasteiger partial charge in [-0.3, -0.25) is 4.98 Å². The molecule has 0 fully saturated rings. The van der Waals surface area contributed by atoms with Crippen LogP contribution in [0.5, 0.6) is 0 Å². The van der Waals surface area contributed by atoms with Gasteiger partial charge in [0.25, 0.3) is 0 Å². The van der Waals surface area contributed by atoms with Crippen LogP contribution < -0.4 is 0 Å². The van der Waals surface area contributed by atoms with Crippen molar-refractivity contribution in [2.24, 2.45) is 0 Å². The summed E-state index contributed by atoms with van der Waals surface area (Å²) in [6.07, 6.45) is 9.05. The fourth-order valence-corrected chi connectivity index (χ4v) is 3.74. The van der Waals surface area contributed by atoms with Crippen molar-refractivity contribution in [3.8, 4) is 0 Å². The molecule has 134 valence electrons. The lowest BCUT2D eigenvalue weighted by atomic mass is 10.2. The predicted octanol–water partition coefficient (Wildman–Crippen LogP) is 3.61. The number of sulfone groups is 1. The van der Waals surface area contributed by atoms with E-state index in [9.17, 15) is 8.42 Å². The first kappa shape index (κ1) is 18.9. The van der Waals surface area contributed by atoms with E-state index in [0.29, 0.717) is 0 Å². The highest BCUT2D eigenvalue weighted by Gasteiger charge is 2.14. The van der Waals surface area contributed by atoms with Crippen molar-refractivity contribution in [2.75, 3.05) is 12.0 Å². The molecule has 0 spiro atoms. The molecule has 0 aliphatic carbocycles. The van der Waals surface area contributed by atoms with Crippen LogP contribution in [0, 0.1) is 13.8 Å². The number of unbranched alkanes of at least 4 members (excludes halogenated alkanes) is 3. The highest BCUT2D eigenvalue weighted by Crippen LogP contribution is 2.23. The van der Waals surface area contributed by atoms with Crippen LogP contribution in [0.1, 0.15) is 56.1 Å². The number of hydrogen-bond donors (Lipinski definition) is 0. The SMILES string of the molecule is CCCCc1nc2cnc(C)c(C)c2n1CCCCCS(C)(=O)=O. The molecular formula is C18H29N3O2S. The number of aromatic nitrogens is 3. The molecule has 24 heavy (non-hydrogen) atoms. The third-order valence-electron chi connectivity index (χ3n) is 4.50. The Hall–Kier alpha value is -1.43.